The Morgan fingerprint density at radius 2 is 1.52 bits per heavy atom. The Hall–Kier alpha value is -3.92. The number of sulfonamides is 1. The highest BCUT2D eigenvalue weighted by Gasteiger charge is 2.34. The second-order valence-electron chi connectivity index (χ2n) is 10.6. The van der Waals surface area contributed by atoms with Crippen LogP contribution in [0, 0.1) is 5.82 Å². The molecule has 0 heterocycles. The van der Waals surface area contributed by atoms with Crippen molar-refractivity contribution >= 4 is 27.5 Å². The quantitative estimate of drug-likeness (QED) is 0.374. The van der Waals surface area contributed by atoms with Gasteiger partial charge in [-0.05, 0) is 68.3 Å². The van der Waals surface area contributed by atoms with Gasteiger partial charge in [-0.15, -0.1) is 0 Å². The molecule has 0 fully saturated rings. The number of nitrogens with one attached hydrogen (secondary N) is 1. The maximum Gasteiger partial charge on any atom is 0.244 e. The minimum absolute atomic E-state index is 0.0333. The predicted molar refractivity (Wildman–Crippen MR) is 154 cm³/mol. The highest BCUT2D eigenvalue weighted by Crippen LogP contribution is 2.23. The van der Waals surface area contributed by atoms with Crippen molar-refractivity contribution < 1.29 is 27.1 Å². The van der Waals surface area contributed by atoms with Crippen LogP contribution in [0.25, 0.3) is 0 Å². The van der Waals surface area contributed by atoms with E-state index in [1.807, 2.05) is 51.1 Å². The van der Waals surface area contributed by atoms with Crippen molar-refractivity contribution in [1.29, 1.82) is 0 Å². The van der Waals surface area contributed by atoms with Crippen molar-refractivity contribution in [2.24, 2.45) is 0 Å². The summed E-state index contributed by atoms with van der Waals surface area (Å²) in [7, 11) is -2.39. The molecule has 10 heteroatoms. The minimum atomic E-state index is -3.88. The van der Waals surface area contributed by atoms with Crippen LogP contribution in [0.2, 0.25) is 0 Å². The summed E-state index contributed by atoms with van der Waals surface area (Å²) >= 11 is 0. The molecular weight excluding hydrogens is 533 g/mol. The first-order valence-corrected chi connectivity index (χ1v) is 14.6. The van der Waals surface area contributed by atoms with Crippen LogP contribution in [0.3, 0.4) is 0 Å². The van der Waals surface area contributed by atoms with Crippen LogP contribution in [-0.4, -0.2) is 56.6 Å². The number of benzene rings is 3. The van der Waals surface area contributed by atoms with Crippen LogP contribution in [0.5, 0.6) is 5.75 Å². The van der Waals surface area contributed by atoms with Crippen molar-refractivity contribution in [3.8, 4) is 5.75 Å². The average Bonchev–Trinajstić information content (AvgIpc) is 2.89. The molecule has 0 aliphatic heterocycles. The van der Waals surface area contributed by atoms with E-state index in [0.717, 1.165) is 16.1 Å². The Morgan fingerprint density at radius 3 is 2.05 bits per heavy atom. The van der Waals surface area contributed by atoms with Crippen LogP contribution in [-0.2, 0) is 32.6 Å². The molecule has 2 amide bonds. The molecule has 0 saturated carbocycles. The van der Waals surface area contributed by atoms with Gasteiger partial charge in [0.15, 0.2) is 0 Å². The molecule has 3 rings (SSSR count). The molecule has 0 aliphatic carbocycles. The summed E-state index contributed by atoms with van der Waals surface area (Å²) in [4.78, 5) is 29.0. The average molecular weight is 570 g/mol. The van der Waals surface area contributed by atoms with E-state index in [-0.39, 0.29) is 24.6 Å². The summed E-state index contributed by atoms with van der Waals surface area (Å²) in [5.74, 6) is -0.878. The molecule has 1 unspecified atom stereocenters. The van der Waals surface area contributed by atoms with Crippen molar-refractivity contribution in [3.63, 3.8) is 0 Å². The minimum Gasteiger partial charge on any atom is -0.497 e. The summed E-state index contributed by atoms with van der Waals surface area (Å²) in [5, 5.41) is 2.96. The SMILES string of the molecule is COc1ccc(N(CC(=O)N(Cc2ccc(F)cc2)C(Cc2ccccc2)C(=O)NC(C)(C)C)S(C)(=O)=O)cc1. The molecule has 8 nitrogen and oxygen atoms in total. The standard InChI is InChI=1S/C30H36FN3O5S/c1-30(2,3)32-29(36)27(19-22-9-7-6-8-10-22)33(20-23-11-13-24(31)14-12-23)28(35)21-34(40(5,37)38)25-15-17-26(39-4)18-16-25/h6-18,27H,19-21H2,1-5H3,(H,32,36). The number of carbonyl (C=O) groups excluding carboxylic acids is 2. The van der Waals surface area contributed by atoms with Gasteiger partial charge in [0, 0.05) is 18.5 Å². The summed E-state index contributed by atoms with van der Waals surface area (Å²) in [6, 6.07) is 20.2. The fourth-order valence-electron chi connectivity index (χ4n) is 4.16. The van der Waals surface area contributed by atoms with E-state index in [0.29, 0.717) is 11.3 Å². The maximum absolute atomic E-state index is 14.0. The smallest absolute Gasteiger partial charge is 0.244 e. The van der Waals surface area contributed by atoms with Crippen LogP contribution in [0.4, 0.5) is 10.1 Å². The molecule has 0 aromatic heterocycles. The van der Waals surface area contributed by atoms with Gasteiger partial charge in [-0.1, -0.05) is 42.5 Å². The fraction of sp³-hybridized carbons (Fsp3) is 0.333. The van der Waals surface area contributed by atoms with Crippen LogP contribution < -0.4 is 14.4 Å². The zero-order valence-electron chi connectivity index (χ0n) is 23.4. The molecule has 3 aromatic carbocycles. The largest absolute Gasteiger partial charge is 0.497 e. The summed E-state index contributed by atoms with van der Waals surface area (Å²) < 4.78 is 45.5. The predicted octanol–water partition coefficient (Wildman–Crippen LogP) is 4.16. The molecule has 214 valence electrons. The van der Waals surface area contributed by atoms with Crippen molar-refractivity contribution in [2.75, 3.05) is 24.2 Å². The number of anilines is 1. The number of rotatable bonds is 11. The van der Waals surface area contributed by atoms with Gasteiger partial charge < -0.3 is 15.0 Å². The van der Waals surface area contributed by atoms with Crippen molar-refractivity contribution in [3.05, 3.63) is 95.8 Å². The molecular formula is C30H36FN3O5S. The van der Waals surface area contributed by atoms with Gasteiger partial charge in [0.25, 0.3) is 0 Å². The molecule has 0 bridgehead atoms. The summed E-state index contributed by atoms with van der Waals surface area (Å²) in [6.45, 7) is 4.94. The second-order valence-corrected chi connectivity index (χ2v) is 12.5. The zero-order valence-corrected chi connectivity index (χ0v) is 24.2. The first-order valence-electron chi connectivity index (χ1n) is 12.8. The lowest BCUT2D eigenvalue weighted by atomic mass is 10.0. The van der Waals surface area contributed by atoms with Crippen molar-refractivity contribution in [1.82, 2.24) is 10.2 Å². The molecule has 40 heavy (non-hydrogen) atoms. The van der Waals surface area contributed by atoms with Gasteiger partial charge >= 0.3 is 0 Å². The molecule has 3 aromatic rings. The van der Waals surface area contributed by atoms with E-state index in [4.69, 9.17) is 4.74 Å². The van der Waals surface area contributed by atoms with E-state index in [1.165, 1.54) is 36.3 Å². The lowest BCUT2D eigenvalue weighted by molar-refractivity contribution is -0.140. The monoisotopic (exact) mass is 569 g/mol. The fourth-order valence-corrected chi connectivity index (χ4v) is 5.01. The van der Waals surface area contributed by atoms with E-state index in [1.54, 1.807) is 24.3 Å². The third-order valence-electron chi connectivity index (χ3n) is 6.08. The Morgan fingerprint density at radius 1 is 0.925 bits per heavy atom. The highest BCUT2D eigenvalue weighted by atomic mass is 32.2. The third-order valence-corrected chi connectivity index (χ3v) is 7.22. The van der Waals surface area contributed by atoms with Gasteiger partial charge in [-0.3, -0.25) is 13.9 Å². The number of methoxy groups -OCH3 is 1. The van der Waals surface area contributed by atoms with Gasteiger partial charge in [0.2, 0.25) is 21.8 Å². The van der Waals surface area contributed by atoms with E-state index >= 15 is 0 Å². The molecule has 0 aliphatic rings. The summed E-state index contributed by atoms with van der Waals surface area (Å²) in [5.41, 5.74) is 1.10. The van der Waals surface area contributed by atoms with Gasteiger partial charge in [0.05, 0.1) is 19.1 Å². The van der Waals surface area contributed by atoms with E-state index < -0.39 is 39.9 Å². The first-order chi connectivity index (χ1) is 18.8. The Balaban J connectivity index is 2.05. The molecule has 0 saturated heterocycles. The van der Waals surface area contributed by atoms with Crippen molar-refractivity contribution in [2.45, 2.75) is 45.3 Å². The number of ether oxygens (including phenoxy) is 1. The molecule has 0 radical (unpaired) electrons. The van der Waals surface area contributed by atoms with Gasteiger partial charge in [0.1, 0.15) is 24.2 Å². The number of hydrogen-bond donors (Lipinski definition) is 1. The van der Waals surface area contributed by atoms with E-state index in [9.17, 15) is 22.4 Å². The topological polar surface area (TPSA) is 96.0 Å². The third kappa shape index (κ3) is 8.81. The maximum atomic E-state index is 14.0. The second kappa shape index (κ2) is 13.0. The van der Waals surface area contributed by atoms with E-state index in [2.05, 4.69) is 5.32 Å². The number of amides is 2. The van der Waals surface area contributed by atoms with Crippen LogP contribution >= 0.6 is 0 Å². The van der Waals surface area contributed by atoms with Crippen LogP contribution in [0.15, 0.2) is 78.9 Å². The lowest BCUT2D eigenvalue weighted by Gasteiger charge is -2.35. The number of hydrogen-bond acceptors (Lipinski definition) is 5. The zero-order chi connectivity index (χ0) is 29.5. The highest BCUT2D eigenvalue weighted by molar-refractivity contribution is 7.92. The first kappa shape index (κ1) is 30.6. The molecule has 1 atom stereocenters. The van der Waals surface area contributed by atoms with Crippen LogP contribution in [0.1, 0.15) is 31.9 Å². The van der Waals surface area contributed by atoms with Gasteiger partial charge in [-0.25, -0.2) is 12.8 Å². The molecule has 1 N–H and O–H groups in total. The number of halogens is 1. The summed E-state index contributed by atoms with van der Waals surface area (Å²) in [6.07, 6.45) is 1.21. The Kier molecular flexibility index (Phi) is 9.92. The number of carbonyl (C=O) groups is 2. The Labute approximate surface area is 235 Å². The lowest BCUT2D eigenvalue weighted by Crippen LogP contribution is -2.56. The molecule has 0 spiro atoms. The normalized spacial score (nSPS) is 12.3. The van der Waals surface area contributed by atoms with Gasteiger partial charge in [-0.2, -0.15) is 0 Å². The Bertz CT molecular complexity index is 1390. The number of nitrogens with zero attached hydrogens (tertiary/aromatic N) is 2.